The van der Waals surface area contributed by atoms with E-state index in [2.05, 4.69) is 15.3 Å². The standard InChI is InChI=1S/C17H23N5O3/c1-4-22-13(7-10(2)20-22)17(23)21-6-5-14-12(9-21)8-15(25-14)16-19-18-11(3)24-16/h7,12,14-15H,4-6,8-9H2,1-3H3/t12-,14-,15+/m0/s1. The molecule has 2 fully saturated rings. The molecule has 2 aliphatic heterocycles. The summed E-state index contributed by atoms with van der Waals surface area (Å²) in [5.41, 5.74) is 1.54. The average molecular weight is 345 g/mol. The minimum atomic E-state index is -0.158. The van der Waals surface area contributed by atoms with Crippen molar-refractivity contribution >= 4 is 5.91 Å². The van der Waals surface area contributed by atoms with E-state index in [1.54, 1.807) is 11.6 Å². The van der Waals surface area contributed by atoms with Crippen LogP contribution >= 0.6 is 0 Å². The molecule has 2 saturated heterocycles. The molecule has 4 heterocycles. The van der Waals surface area contributed by atoms with E-state index in [4.69, 9.17) is 9.15 Å². The Morgan fingerprint density at radius 3 is 2.92 bits per heavy atom. The molecule has 2 aliphatic rings. The van der Waals surface area contributed by atoms with E-state index in [-0.39, 0.29) is 18.1 Å². The van der Waals surface area contributed by atoms with E-state index in [1.807, 2.05) is 24.8 Å². The second kappa shape index (κ2) is 6.25. The second-order valence-electron chi connectivity index (χ2n) is 6.84. The SMILES string of the molecule is CCn1nc(C)cc1C(=O)N1CC[C@@H]2O[C@@H](c3nnc(C)o3)C[C@H]2C1. The van der Waals surface area contributed by atoms with Crippen LogP contribution in [0.15, 0.2) is 10.5 Å². The minimum Gasteiger partial charge on any atom is -0.423 e. The van der Waals surface area contributed by atoms with Crippen molar-refractivity contribution in [3.05, 3.63) is 29.2 Å². The van der Waals surface area contributed by atoms with Crippen molar-refractivity contribution in [3.63, 3.8) is 0 Å². The molecule has 0 saturated carbocycles. The first-order chi connectivity index (χ1) is 12.0. The van der Waals surface area contributed by atoms with Crippen molar-refractivity contribution < 1.29 is 13.9 Å². The van der Waals surface area contributed by atoms with Gasteiger partial charge in [-0.3, -0.25) is 9.48 Å². The quantitative estimate of drug-likeness (QED) is 0.844. The first kappa shape index (κ1) is 16.3. The smallest absolute Gasteiger partial charge is 0.272 e. The van der Waals surface area contributed by atoms with Gasteiger partial charge in [0.15, 0.2) is 0 Å². The van der Waals surface area contributed by atoms with Crippen molar-refractivity contribution in [1.82, 2.24) is 24.9 Å². The lowest BCUT2D eigenvalue weighted by Crippen LogP contribution is -2.45. The van der Waals surface area contributed by atoms with Gasteiger partial charge in [-0.15, -0.1) is 10.2 Å². The van der Waals surface area contributed by atoms with Gasteiger partial charge in [-0.05, 0) is 32.8 Å². The largest absolute Gasteiger partial charge is 0.423 e. The molecule has 134 valence electrons. The van der Waals surface area contributed by atoms with E-state index in [9.17, 15) is 4.79 Å². The van der Waals surface area contributed by atoms with E-state index in [0.29, 0.717) is 43.0 Å². The zero-order valence-electron chi connectivity index (χ0n) is 14.8. The predicted octanol–water partition coefficient (Wildman–Crippen LogP) is 1.90. The molecule has 1 amide bonds. The van der Waals surface area contributed by atoms with Crippen LogP contribution in [0.25, 0.3) is 0 Å². The molecular weight excluding hydrogens is 322 g/mol. The molecule has 0 spiro atoms. The summed E-state index contributed by atoms with van der Waals surface area (Å²) in [7, 11) is 0. The van der Waals surface area contributed by atoms with Gasteiger partial charge in [0.1, 0.15) is 11.8 Å². The van der Waals surface area contributed by atoms with E-state index in [1.165, 1.54) is 0 Å². The first-order valence-electron chi connectivity index (χ1n) is 8.84. The summed E-state index contributed by atoms with van der Waals surface area (Å²) < 4.78 is 13.4. The van der Waals surface area contributed by atoms with Gasteiger partial charge < -0.3 is 14.1 Å². The molecular formula is C17H23N5O3. The maximum atomic E-state index is 12.9. The van der Waals surface area contributed by atoms with Crippen molar-refractivity contribution in [2.75, 3.05) is 13.1 Å². The summed E-state index contributed by atoms with van der Waals surface area (Å²) in [6.07, 6.45) is 1.63. The number of piperidine rings is 1. The number of hydrogen-bond donors (Lipinski definition) is 0. The van der Waals surface area contributed by atoms with Crippen LogP contribution in [0.3, 0.4) is 0 Å². The number of hydrogen-bond acceptors (Lipinski definition) is 6. The molecule has 0 N–H and O–H groups in total. The van der Waals surface area contributed by atoms with Crippen molar-refractivity contribution in [1.29, 1.82) is 0 Å². The molecule has 0 aliphatic carbocycles. The predicted molar refractivity (Wildman–Crippen MR) is 87.9 cm³/mol. The highest BCUT2D eigenvalue weighted by Crippen LogP contribution is 2.40. The Kier molecular flexibility index (Phi) is 4.07. The third-order valence-electron chi connectivity index (χ3n) is 5.05. The number of amides is 1. The summed E-state index contributed by atoms with van der Waals surface area (Å²) in [4.78, 5) is 14.8. The van der Waals surface area contributed by atoms with Gasteiger partial charge in [0.2, 0.25) is 11.8 Å². The van der Waals surface area contributed by atoms with E-state index in [0.717, 1.165) is 18.5 Å². The highest BCUT2D eigenvalue weighted by atomic mass is 16.5. The number of carbonyl (C=O) groups excluding carboxylic acids is 1. The fourth-order valence-electron chi connectivity index (χ4n) is 3.86. The summed E-state index contributed by atoms with van der Waals surface area (Å²) in [6, 6.07) is 1.87. The van der Waals surface area contributed by atoms with Gasteiger partial charge in [0.25, 0.3) is 5.91 Å². The van der Waals surface area contributed by atoms with Gasteiger partial charge in [-0.2, -0.15) is 5.10 Å². The summed E-state index contributed by atoms with van der Waals surface area (Å²) in [5.74, 6) is 1.45. The second-order valence-corrected chi connectivity index (χ2v) is 6.84. The van der Waals surface area contributed by atoms with Crippen LogP contribution in [-0.2, 0) is 11.3 Å². The van der Waals surface area contributed by atoms with Gasteiger partial charge >= 0.3 is 0 Å². The highest BCUT2D eigenvalue weighted by Gasteiger charge is 2.42. The zero-order valence-corrected chi connectivity index (χ0v) is 14.8. The van der Waals surface area contributed by atoms with Crippen LogP contribution in [0.5, 0.6) is 0 Å². The molecule has 8 heteroatoms. The van der Waals surface area contributed by atoms with Gasteiger partial charge in [-0.1, -0.05) is 0 Å². The van der Waals surface area contributed by atoms with Crippen LogP contribution in [0.1, 0.15) is 53.8 Å². The van der Waals surface area contributed by atoms with Crippen molar-refractivity contribution in [3.8, 4) is 0 Å². The summed E-state index contributed by atoms with van der Waals surface area (Å²) in [6.45, 7) is 7.77. The first-order valence-corrected chi connectivity index (χ1v) is 8.84. The molecule has 2 aromatic rings. The maximum absolute atomic E-state index is 12.9. The number of aromatic nitrogens is 4. The maximum Gasteiger partial charge on any atom is 0.272 e. The number of aryl methyl sites for hydroxylation is 3. The molecule has 8 nitrogen and oxygen atoms in total. The Labute approximate surface area is 146 Å². The summed E-state index contributed by atoms with van der Waals surface area (Å²) >= 11 is 0. The van der Waals surface area contributed by atoms with Gasteiger partial charge in [-0.25, -0.2) is 0 Å². The van der Waals surface area contributed by atoms with Crippen LogP contribution in [0.2, 0.25) is 0 Å². The Morgan fingerprint density at radius 2 is 2.20 bits per heavy atom. The van der Waals surface area contributed by atoms with Crippen molar-refractivity contribution in [2.24, 2.45) is 5.92 Å². The zero-order chi connectivity index (χ0) is 17.6. The highest BCUT2D eigenvalue weighted by molar-refractivity contribution is 5.92. The monoisotopic (exact) mass is 345 g/mol. The minimum absolute atomic E-state index is 0.0537. The molecule has 0 aromatic carbocycles. The third kappa shape index (κ3) is 2.95. The Bertz CT molecular complexity index is 783. The Balaban J connectivity index is 1.46. The lowest BCUT2D eigenvalue weighted by atomic mass is 9.92. The molecule has 2 aromatic heterocycles. The van der Waals surface area contributed by atoms with Crippen LogP contribution in [0.4, 0.5) is 0 Å². The van der Waals surface area contributed by atoms with Gasteiger partial charge in [0.05, 0.1) is 11.8 Å². The van der Waals surface area contributed by atoms with Crippen LogP contribution in [0, 0.1) is 19.8 Å². The molecule has 3 atom stereocenters. The molecule has 25 heavy (non-hydrogen) atoms. The summed E-state index contributed by atoms with van der Waals surface area (Å²) in [5, 5.41) is 12.3. The number of nitrogens with zero attached hydrogens (tertiary/aromatic N) is 5. The van der Waals surface area contributed by atoms with Gasteiger partial charge in [0, 0.05) is 32.5 Å². The number of ether oxygens (including phenoxy) is 1. The Hall–Kier alpha value is -2.22. The number of rotatable bonds is 3. The lowest BCUT2D eigenvalue weighted by molar-refractivity contribution is -0.00653. The fourth-order valence-corrected chi connectivity index (χ4v) is 3.86. The number of carbonyl (C=O) groups is 1. The molecule has 4 rings (SSSR count). The molecule has 0 bridgehead atoms. The third-order valence-corrected chi connectivity index (χ3v) is 5.05. The van der Waals surface area contributed by atoms with Crippen LogP contribution < -0.4 is 0 Å². The molecule has 0 radical (unpaired) electrons. The lowest BCUT2D eigenvalue weighted by Gasteiger charge is -2.34. The fraction of sp³-hybridized carbons (Fsp3) is 0.647. The molecule has 0 unspecified atom stereocenters. The van der Waals surface area contributed by atoms with E-state index < -0.39 is 0 Å². The average Bonchev–Trinajstić information content (AvgIpc) is 3.30. The normalized spacial score (nSPS) is 26.0. The number of likely N-dealkylation sites (tertiary alicyclic amines) is 1. The van der Waals surface area contributed by atoms with Crippen molar-refractivity contribution in [2.45, 2.75) is 52.4 Å². The van der Waals surface area contributed by atoms with Crippen LogP contribution in [-0.4, -0.2) is 50.0 Å². The topological polar surface area (TPSA) is 86.3 Å². The number of fused-ring (bicyclic) bond motifs is 1. The Morgan fingerprint density at radius 1 is 1.36 bits per heavy atom. The van der Waals surface area contributed by atoms with E-state index >= 15 is 0 Å².